The Morgan fingerprint density at radius 3 is 2.85 bits per heavy atom. The van der Waals surface area contributed by atoms with E-state index in [4.69, 9.17) is 0 Å². The van der Waals surface area contributed by atoms with Gasteiger partial charge in [0.05, 0.1) is 18.8 Å². The first-order valence-electron chi connectivity index (χ1n) is 7.97. The highest BCUT2D eigenvalue weighted by Crippen LogP contribution is 2.36. The Morgan fingerprint density at radius 1 is 1.44 bits per heavy atom. The van der Waals surface area contributed by atoms with Gasteiger partial charge in [0.15, 0.2) is 5.16 Å². The van der Waals surface area contributed by atoms with Crippen LogP contribution in [0.15, 0.2) is 40.6 Å². The number of hydrogen-bond acceptors (Lipinski definition) is 6. The van der Waals surface area contributed by atoms with Crippen molar-refractivity contribution in [2.75, 3.05) is 30.1 Å². The van der Waals surface area contributed by atoms with Crippen LogP contribution in [0.25, 0.3) is 0 Å². The van der Waals surface area contributed by atoms with E-state index in [0.717, 1.165) is 0 Å². The fraction of sp³-hybridized carbons (Fsp3) is 0.294. The van der Waals surface area contributed by atoms with E-state index in [2.05, 4.69) is 20.3 Å². The van der Waals surface area contributed by atoms with Crippen molar-refractivity contribution in [3.05, 3.63) is 41.6 Å². The lowest BCUT2D eigenvalue weighted by Gasteiger charge is -2.33. The minimum absolute atomic E-state index is 0.0584. The average Bonchev–Trinajstić information content (AvgIpc) is 2.66. The van der Waals surface area contributed by atoms with Gasteiger partial charge in [-0.15, -0.1) is 0 Å². The van der Waals surface area contributed by atoms with E-state index in [9.17, 15) is 18.7 Å². The van der Waals surface area contributed by atoms with Crippen LogP contribution in [0.1, 0.15) is 11.1 Å². The van der Waals surface area contributed by atoms with Crippen molar-refractivity contribution in [2.24, 2.45) is 4.99 Å². The van der Waals surface area contributed by atoms with E-state index in [1.165, 1.54) is 23.9 Å². The van der Waals surface area contributed by atoms with Gasteiger partial charge in [-0.25, -0.2) is 14.8 Å². The quantitative estimate of drug-likeness (QED) is 0.611. The number of aromatic nitrogens is 2. The molecule has 0 aliphatic carbocycles. The van der Waals surface area contributed by atoms with Gasteiger partial charge in [0.1, 0.15) is 11.5 Å². The van der Waals surface area contributed by atoms with Crippen molar-refractivity contribution in [1.29, 1.82) is 0 Å². The van der Waals surface area contributed by atoms with Crippen molar-refractivity contribution in [3.8, 4) is 0 Å². The van der Waals surface area contributed by atoms with Gasteiger partial charge >= 0.3 is 12.0 Å². The number of alkyl halides is 2. The van der Waals surface area contributed by atoms with Crippen LogP contribution in [0, 0.1) is 0 Å². The molecule has 10 heteroatoms. The van der Waals surface area contributed by atoms with E-state index in [1.54, 1.807) is 25.4 Å². The van der Waals surface area contributed by atoms with Crippen LogP contribution in [0.5, 0.6) is 0 Å². The highest BCUT2D eigenvalue weighted by molar-refractivity contribution is 7.98. The summed E-state index contributed by atoms with van der Waals surface area (Å²) in [6.45, 7) is -1.03. The van der Waals surface area contributed by atoms with Crippen molar-refractivity contribution in [2.45, 2.75) is 17.6 Å². The number of benzene rings is 1. The zero-order chi connectivity index (χ0) is 19.6. The van der Waals surface area contributed by atoms with Gasteiger partial charge in [0.2, 0.25) is 0 Å². The highest BCUT2D eigenvalue weighted by atomic mass is 32.2. The zero-order valence-corrected chi connectivity index (χ0v) is 15.4. The maximum atomic E-state index is 14.7. The molecule has 2 aromatic rings. The summed E-state index contributed by atoms with van der Waals surface area (Å²) < 4.78 is 29.4. The Kier molecular flexibility index (Phi) is 5.26. The van der Waals surface area contributed by atoms with Crippen LogP contribution in [-0.2, 0) is 6.54 Å². The molecule has 27 heavy (non-hydrogen) atoms. The summed E-state index contributed by atoms with van der Waals surface area (Å²) in [6.07, 6.45) is 1.95. The number of amides is 1. The first kappa shape index (κ1) is 19.0. The normalized spacial score (nSPS) is 16.9. The smallest absolute Gasteiger partial charge is 0.412 e. The molecule has 0 unspecified atom stereocenters. The molecule has 0 spiro atoms. The number of hydrogen-bond donors (Lipinski definition) is 2. The molecule has 0 atom stereocenters. The summed E-state index contributed by atoms with van der Waals surface area (Å²) in [4.78, 5) is 24.6. The number of rotatable bonds is 4. The summed E-state index contributed by atoms with van der Waals surface area (Å²) in [5.74, 6) is -2.90. The molecule has 1 aromatic carbocycles. The lowest BCUT2D eigenvalue weighted by Crippen LogP contribution is -2.50. The van der Waals surface area contributed by atoms with Crippen molar-refractivity contribution in [3.63, 3.8) is 0 Å². The first-order chi connectivity index (χ1) is 12.9. The Balaban J connectivity index is 2.02. The second-order valence-corrected chi connectivity index (χ2v) is 6.51. The predicted octanol–water partition coefficient (Wildman–Crippen LogP) is 3.36. The third-order valence-electron chi connectivity index (χ3n) is 4.05. The van der Waals surface area contributed by atoms with Gasteiger partial charge in [-0.3, -0.25) is 9.89 Å². The Morgan fingerprint density at radius 2 is 2.19 bits per heavy atom. The molecule has 0 fully saturated rings. The second kappa shape index (κ2) is 7.47. The number of carboxylic acid groups (broad SMARTS) is 1. The molecule has 3 rings (SSSR count). The molecule has 7 nitrogen and oxygen atoms in total. The van der Waals surface area contributed by atoms with Crippen molar-refractivity contribution >= 4 is 35.1 Å². The second-order valence-electron chi connectivity index (χ2n) is 5.74. The molecule has 0 radical (unpaired) electrons. The minimum Gasteiger partial charge on any atom is -0.465 e. The van der Waals surface area contributed by atoms with Gasteiger partial charge in [0.25, 0.3) is 0 Å². The maximum absolute atomic E-state index is 14.7. The summed E-state index contributed by atoms with van der Waals surface area (Å²) in [6, 6.07) is 6.11. The highest BCUT2D eigenvalue weighted by Gasteiger charge is 2.46. The van der Waals surface area contributed by atoms with E-state index in [-0.39, 0.29) is 17.8 Å². The standard InChI is InChI=1S/C17H17F2N5O2S/c1-20-14-10(8-22-15(23-14)27-2)7-21-13-11-5-3-4-6-12(11)24(16(25)26)9-17(13,18)19/h3-6,8H,7,9H2,1-2H3,(H,25,26)(H,20,22,23). The Labute approximate surface area is 158 Å². The van der Waals surface area contributed by atoms with Gasteiger partial charge in [-0.05, 0) is 12.3 Å². The molecular weight excluding hydrogens is 376 g/mol. The lowest BCUT2D eigenvalue weighted by molar-refractivity contribution is 0.0820. The fourth-order valence-electron chi connectivity index (χ4n) is 2.82. The molecule has 2 N–H and O–H groups in total. The van der Waals surface area contributed by atoms with Crippen LogP contribution >= 0.6 is 11.8 Å². The first-order valence-corrected chi connectivity index (χ1v) is 9.20. The topological polar surface area (TPSA) is 90.7 Å². The monoisotopic (exact) mass is 393 g/mol. The summed E-state index contributed by atoms with van der Waals surface area (Å²) in [5.41, 5.74) is 0.421. The number of halogens is 2. The Bertz CT molecular complexity index is 907. The molecule has 0 saturated carbocycles. The molecule has 0 bridgehead atoms. The summed E-state index contributed by atoms with van der Waals surface area (Å²) in [5, 5.41) is 12.7. The largest absolute Gasteiger partial charge is 0.465 e. The summed E-state index contributed by atoms with van der Waals surface area (Å²) in [7, 11) is 1.68. The number of para-hydroxylation sites is 1. The van der Waals surface area contributed by atoms with E-state index in [1.807, 2.05) is 6.26 Å². The van der Waals surface area contributed by atoms with Crippen LogP contribution in [0.3, 0.4) is 0 Å². The third-order valence-corrected chi connectivity index (χ3v) is 4.62. The number of nitrogens with one attached hydrogen (secondary N) is 1. The van der Waals surface area contributed by atoms with Crippen molar-refractivity contribution in [1.82, 2.24) is 9.97 Å². The van der Waals surface area contributed by atoms with Gasteiger partial charge in [0, 0.05) is 24.4 Å². The summed E-state index contributed by atoms with van der Waals surface area (Å²) >= 11 is 1.37. The SMILES string of the molecule is CNc1nc(SC)ncc1CN=C1c2ccccc2N(C(=O)O)CC1(F)F. The molecule has 0 saturated heterocycles. The van der Waals surface area contributed by atoms with Crippen LogP contribution in [-0.4, -0.2) is 52.7 Å². The lowest BCUT2D eigenvalue weighted by atomic mass is 9.96. The van der Waals surface area contributed by atoms with E-state index < -0.39 is 24.3 Å². The Hall–Kier alpha value is -2.75. The minimum atomic E-state index is -3.41. The maximum Gasteiger partial charge on any atom is 0.412 e. The van der Waals surface area contributed by atoms with Gasteiger partial charge in [-0.1, -0.05) is 30.0 Å². The van der Waals surface area contributed by atoms with Crippen LogP contribution in [0.2, 0.25) is 0 Å². The number of nitrogens with zero attached hydrogens (tertiary/aromatic N) is 4. The van der Waals surface area contributed by atoms with Gasteiger partial charge in [-0.2, -0.15) is 8.78 Å². The number of fused-ring (bicyclic) bond motifs is 1. The number of aliphatic imine (C=N–C) groups is 1. The molecule has 2 heterocycles. The third kappa shape index (κ3) is 3.70. The van der Waals surface area contributed by atoms with Gasteiger partial charge < -0.3 is 10.4 Å². The number of carbonyl (C=O) groups is 1. The zero-order valence-electron chi connectivity index (χ0n) is 14.6. The molecule has 1 aromatic heterocycles. The van der Waals surface area contributed by atoms with E-state index >= 15 is 0 Å². The number of thioether (sulfide) groups is 1. The number of anilines is 2. The average molecular weight is 393 g/mol. The van der Waals surface area contributed by atoms with E-state index in [0.29, 0.717) is 21.4 Å². The molecular formula is C17H17F2N5O2S. The van der Waals surface area contributed by atoms with Crippen molar-refractivity contribution < 1.29 is 18.7 Å². The van der Waals surface area contributed by atoms with Crippen LogP contribution in [0.4, 0.5) is 25.1 Å². The molecule has 142 valence electrons. The molecule has 1 aliphatic rings. The molecule has 1 amide bonds. The van der Waals surface area contributed by atoms with Crippen LogP contribution < -0.4 is 10.2 Å². The fourth-order valence-corrected chi connectivity index (χ4v) is 3.16. The molecule has 1 aliphatic heterocycles. The predicted molar refractivity (Wildman–Crippen MR) is 100 cm³/mol.